The summed E-state index contributed by atoms with van der Waals surface area (Å²) in [5.41, 5.74) is 0. The first-order valence-corrected chi connectivity index (χ1v) is 6.22. The Morgan fingerprint density at radius 3 is 2.72 bits per heavy atom. The fourth-order valence-electron chi connectivity index (χ4n) is 1.48. The van der Waals surface area contributed by atoms with Gasteiger partial charge in [0.05, 0.1) is 0 Å². The Bertz CT molecular complexity index is 518. The van der Waals surface area contributed by atoms with Crippen molar-refractivity contribution in [2.75, 3.05) is 0 Å². The molecule has 1 aromatic carbocycles. The van der Waals surface area contributed by atoms with Crippen molar-refractivity contribution in [2.24, 2.45) is 5.92 Å². The largest absolute Gasteiger partial charge is 0.479 e. The quantitative estimate of drug-likeness (QED) is 0.942. The van der Waals surface area contributed by atoms with Crippen LogP contribution in [0.3, 0.4) is 0 Å². The van der Waals surface area contributed by atoms with Gasteiger partial charge in [0.1, 0.15) is 0 Å². The van der Waals surface area contributed by atoms with E-state index in [4.69, 9.17) is 4.74 Å². The number of halogens is 2. The zero-order valence-corrected chi connectivity index (χ0v) is 11.5. The van der Waals surface area contributed by atoms with Crippen molar-refractivity contribution in [1.29, 1.82) is 0 Å². The number of ether oxygens (including phenoxy) is 1. The lowest BCUT2D eigenvalue weighted by molar-refractivity contribution is 0.138. The van der Waals surface area contributed by atoms with Crippen LogP contribution in [0.15, 0.2) is 22.7 Å². The minimum absolute atomic E-state index is 0.0886. The lowest BCUT2D eigenvalue weighted by Gasteiger charge is -2.19. The fourth-order valence-corrected chi connectivity index (χ4v) is 1.82. The van der Waals surface area contributed by atoms with Crippen LogP contribution in [-0.4, -0.2) is 20.6 Å². The van der Waals surface area contributed by atoms with Gasteiger partial charge in [0.25, 0.3) is 0 Å². The van der Waals surface area contributed by atoms with E-state index >= 15 is 0 Å². The molecule has 0 aliphatic carbocycles. The van der Waals surface area contributed by atoms with Crippen molar-refractivity contribution in [3.63, 3.8) is 0 Å². The van der Waals surface area contributed by atoms with Crippen molar-refractivity contribution in [3.05, 3.63) is 34.3 Å². The summed E-state index contributed by atoms with van der Waals surface area (Å²) >= 11 is 3.19. The summed E-state index contributed by atoms with van der Waals surface area (Å²) in [6.07, 6.45) is -0.445. The SMILES string of the molecule is CC(C)[C@H](Oc1ccc(Br)cc1F)c1nn[nH]n1. The highest BCUT2D eigenvalue weighted by atomic mass is 79.9. The van der Waals surface area contributed by atoms with Crippen LogP contribution in [0.4, 0.5) is 4.39 Å². The number of tetrazole rings is 1. The third-order valence-electron chi connectivity index (χ3n) is 2.37. The molecule has 2 rings (SSSR count). The molecule has 1 atom stereocenters. The zero-order chi connectivity index (χ0) is 13.1. The van der Waals surface area contributed by atoms with Crippen LogP contribution in [0.5, 0.6) is 5.75 Å². The standard InChI is InChI=1S/C11H12BrFN4O/c1-6(2)10(11-14-16-17-15-11)18-9-4-3-7(12)5-8(9)13/h3-6,10H,1-2H3,(H,14,15,16,17)/t10-/m0/s1. The van der Waals surface area contributed by atoms with Crippen molar-refractivity contribution in [3.8, 4) is 5.75 Å². The second kappa shape index (κ2) is 5.43. The van der Waals surface area contributed by atoms with Crippen LogP contribution in [0.1, 0.15) is 25.8 Å². The Kier molecular flexibility index (Phi) is 3.90. The summed E-state index contributed by atoms with van der Waals surface area (Å²) < 4.78 is 20.0. The molecule has 1 N–H and O–H groups in total. The molecular formula is C11H12BrFN4O. The molecule has 0 radical (unpaired) electrons. The Morgan fingerprint density at radius 2 is 2.17 bits per heavy atom. The topological polar surface area (TPSA) is 63.7 Å². The fraction of sp³-hybridized carbons (Fsp3) is 0.364. The molecule has 0 saturated heterocycles. The smallest absolute Gasteiger partial charge is 0.215 e. The molecule has 18 heavy (non-hydrogen) atoms. The third kappa shape index (κ3) is 2.84. The summed E-state index contributed by atoms with van der Waals surface area (Å²) in [5, 5.41) is 13.6. The Morgan fingerprint density at radius 1 is 1.39 bits per heavy atom. The number of aromatic nitrogens is 4. The highest BCUT2D eigenvalue weighted by molar-refractivity contribution is 9.10. The van der Waals surface area contributed by atoms with Crippen molar-refractivity contribution in [2.45, 2.75) is 20.0 Å². The maximum Gasteiger partial charge on any atom is 0.215 e. The molecule has 0 bridgehead atoms. The van der Waals surface area contributed by atoms with Crippen LogP contribution in [0.25, 0.3) is 0 Å². The Labute approximate surface area is 112 Å². The Hall–Kier alpha value is -1.50. The van der Waals surface area contributed by atoms with E-state index in [1.165, 1.54) is 6.07 Å². The molecule has 1 heterocycles. The normalized spacial score (nSPS) is 12.7. The first-order valence-electron chi connectivity index (χ1n) is 5.43. The van der Waals surface area contributed by atoms with Gasteiger partial charge in [-0.25, -0.2) is 4.39 Å². The highest BCUT2D eigenvalue weighted by Gasteiger charge is 2.23. The van der Waals surface area contributed by atoms with Gasteiger partial charge in [-0.2, -0.15) is 5.21 Å². The molecular weight excluding hydrogens is 303 g/mol. The number of nitrogens with one attached hydrogen (secondary N) is 1. The van der Waals surface area contributed by atoms with Gasteiger partial charge in [0, 0.05) is 4.47 Å². The van der Waals surface area contributed by atoms with Crippen LogP contribution < -0.4 is 4.74 Å². The van der Waals surface area contributed by atoms with Gasteiger partial charge in [-0.05, 0) is 24.1 Å². The van der Waals surface area contributed by atoms with E-state index in [0.717, 1.165) is 0 Å². The predicted octanol–water partition coefficient (Wildman–Crippen LogP) is 2.88. The lowest BCUT2D eigenvalue weighted by Crippen LogP contribution is -2.16. The van der Waals surface area contributed by atoms with E-state index in [9.17, 15) is 4.39 Å². The van der Waals surface area contributed by atoms with Crippen molar-refractivity contribution >= 4 is 15.9 Å². The molecule has 0 aliphatic heterocycles. The van der Waals surface area contributed by atoms with Gasteiger partial charge >= 0.3 is 0 Å². The maximum atomic E-state index is 13.7. The van der Waals surface area contributed by atoms with E-state index in [2.05, 4.69) is 36.6 Å². The monoisotopic (exact) mass is 314 g/mol. The minimum Gasteiger partial charge on any atom is -0.479 e. The number of aromatic amines is 1. The molecule has 5 nitrogen and oxygen atoms in total. The van der Waals surface area contributed by atoms with Crippen LogP contribution in [0.2, 0.25) is 0 Å². The summed E-state index contributed by atoms with van der Waals surface area (Å²) in [6, 6.07) is 4.63. The molecule has 0 fully saturated rings. The number of hydrogen-bond acceptors (Lipinski definition) is 4. The van der Waals surface area contributed by atoms with Gasteiger partial charge < -0.3 is 4.74 Å². The van der Waals surface area contributed by atoms with Gasteiger partial charge in [0.15, 0.2) is 17.7 Å². The average molecular weight is 315 g/mol. The van der Waals surface area contributed by atoms with E-state index in [1.54, 1.807) is 12.1 Å². The van der Waals surface area contributed by atoms with Gasteiger partial charge in [-0.15, -0.1) is 10.2 Å². The maximum absolute atomic E-state index is 13.7. The molecule has 0 spiro atoms. The summed E-state index contributed by atoms with van der Waals surface area (Å²) in [7, 11) is 0. The summed E-state index contributed by atoms with van der Waals surface area (Å²) in [6.45, 7) is 3.88. The number of H-pyrrole nitrogens is 1. The molecule has 7 heteroatoms. The predicted molar refractivity (Wildman–Crippen MR) is 66.5 cm³/mol. The zero-order valence-electron chi connectivity index (χ0n) is 9.89. The number of rotatable bonds is 4. The third-order valence-corrected chi connectivity index (χ3v) is 2.86. The molecule has 1 aromatic heterocycles. The van der Waals surface area contributed by atoms with Crippen molar-refractivity contribution in [1.82, 2.24) is 20.6 Å². The molecule has 2 aromatic rings. The molecule has 0 unspecified atom stereocenters. The van der Waals surface area contributed by atoms with Crippen molar-refractivity contribution < 1.29 is 9.13 Å². The number of hydrogen-bond donors (Lipinski definition) is 1. The number of nitrogens with zero attached hydrogens (tertiary/aromatic N) is 3. The molecule has 0 saturated carbocycles. The van der Waals surface area contributed by atoms with Gasteiger partial charge in [-0.3, -0.25) is 0 Å². The van der Waals surface area contributed by atoms with Gasteiger partial charge in [0.2, 0.25) is 5.82 Å². The minimum atomic E-state index is -0.445. The average Bonchev–Trinajstić information content (AvgIpc) is 2.80. The Balaban J connectivity index is 2.24. The molecule has 96 valence electrons. The summed E-state index contributed by atoms with van der Waals surface area (Å²) in [4.78, 5) is 0. The second-order valence-electron chi connectivity index (χ2n) is 4.13. The van der Waals surface area contributed by atoms with E-state index < -0.39 is 11.9 Å². The molecule has 0 amide bonds. The highest BCUT2D eigenvalue weighted by Crippen LogP contribution is 2.29. The van der Waals surface area contributed by atoms with E-state index in [-0.39, 0.29) is 11.7 Å². The second-order valence-corrected chi connectivity index (χ2v) is 5.04. The first kappa shape index (κ1) is 12.9. The first-order chi connectivity index (χ1) is 8.58. The lowest BCUT2D eigenvalue weighted by atomic mass is 10.1. The van der Waals surface area contributed by atoms with Crippen LogP contribution in [0, 0.1) is 11.7 Å². The summed E-state index contributed by atoms with van der Waals surface area (Å²) in [5.74, 6) is 0.234. The molecule has 0 aliphatic rings. The van der Waals surface area contributed by atoms with E-state index in [1.807, 2.05) is 13.8 Å². The number of benzene rings is 1. The van der Waals surface area contributed by atoms with E-state index in [0.29, 0.717) is 10.3 Å². The van der Waals surface area contributed by atoms with Gasteiger partial charge in [-0.1, -0.05) is 35.0 Å². The van der Waals surface area contributed by atoms with Crippen LogP contribution >= 0.6 is 15.9 Å². The van der Waals surface area contributed by atoms with Crippen LogP contribution in [-0.2, 0) is 0 Å².